The summed E-state index contributed by atoms with van der Waals surface area (Å²) in [6.45, 7) is 8.41. The molecule has 33 heavy (non-hydrogen) atoms. The molecule has 0 spiro atoms. The van der Waals surface area contributed by atoms with Crippen molar-refractivity contribution in [3.8, 4) is 5.75 Å². The van der Waals surface area contributed by atoms with Crippen LogP contribution in [0.1, 0.15) is 60.6 Å². The fourth-order valence-electron chi connectivity index (χ4n) is 4.29. The molecule has 178 valence electrons. The predicted octanol–water partition coefficient (Wildman–Crippen LogP) is 4.10. The van der Waals surface area contributed by atoms with Crippen LogP contribution in [-0.2, 0) is 4.79 Å². The molecule has 1 saturated heterocycles. The zero-order valence-electron chi connectivity index (χ0n) is 20.3. The van der Waals surface area contributed by atoms with Crippen LogP contribution in [0.3, 0.4) is 0 Å². The highest BCUT2D eigenvalue weighted by molar-refractivity contribution is 5.97. The van der Waals surface area contributed by atoms with E-state index in [9.17, 15) is 9.59 Å². The molecule has 2 aromatic rings. The lowest BCUT2D eigenvalue weighted by Crippen LogP contribution is -2.51. The summed E-state index contributed by atoms with van der Waals surface area (Å²) in [4.78, 5) is 28.3. The lowest BCUT2D eigenvalue weighted by molar-refractivity contribution is -0.124. The van der Waals surface area contributed by atoms with E-state index < -0.39 is 6.04 Å². The van der Waals surface area contributed by atoms with Crippen LogP contribution >= 0.6 is 0 Å². The maximum absolute atomic E-state index is 13.2. The van der Waals surface area contributed by atoms with Gasteiger partial charge in [0.15, 0.2) is 0 Å². The van der Waals surface area contributed by atoms with E-state index in [1.54, 1.807) is 19.2 Å². The Hall–Kier alpha value is -2.86. The molecule has 0 aliphatic carbocycles. The fourth-order valence-corrected chi connectivity index (χ4v) is 4.29. The molecular weight excluding hydrogens is 414 g/mol. The Kier molecular flexibility index (Phi) is 8.89. The Morgan fingerprint density at radius 1 is 0.970 bits per heavy atom. The standard InChI is InChI=1S/C27H37N3O3/c1-19(2)25(29-26(31)22-10-8-20(3)9-11-22)27(32)28-18-24(30-16-6-5-7-17-30)21-12-14-23(33-4)15-13-21/h8-15,19,24-25H,5-7,16-18H2,1-4H3,(H,28,32)(H,29,31)/t24-,25-/m1/s1. The second-order valence-corrected chi connectivity index (χ2v) is 9.19. The van der Waals surface area contributed by atoms with Gasteiger partial charge >= 0.3 is 0 Å². The first-order valence-electron chi connectivity index (χ1n) is 11.9. The zero-order chi connectivity index (χ0) is 23.8. The van der Waals surface area contributed by atoms with Crippen molar-refractivity contribution in [3.05, 3.63) is 65.2 Å². The average Bonchev–Trinajstić information content (AvgIpc) is 2.83. The van der Waals surface area contributed by atoms with Crippen molar-refractivity contribution < 1.29 is 14.3 Å². The van der Waals surface area contributed by atoms with Crippen LogP contribution in [0.2, 0.25) is 0 Å². The largest absolute Gasteiger partial charge is 0.497 e. The smallest absolute Gasteiger partial charge is 0.251 e. The van der Waals surface area contributed by atoms with Gasteiger partial charge in [0.2, 0.25) is 5.91 Å². The minimum Gasteiger partial charge on any atom is -0.497 e. The number of nitrogens with zero attached hydrogens (tertiary/aromatic N) is 1. The molecular formula is C27H37N3O3. The van der Waals surface area contributed by atoms with Crippen LogP contribution < -0.4 is 15.4 Å². The van der Waals surface area contributed by atoms with Crippen LogP contribution in [0.5, 0.6) is 5.75 Å². The van der Waals surface area contributed by atoms with Gasteiger partial charge in [0.05, 0.1) is 13.2 Å². The Bertz CT molecular complexity index is 903. The highest BCUT2D eigenvalue weighted by Crippen LogP contribution is 2.26. The maximum Gasteiger partial charge on any atom is 0.251 e. The molecule has 0 unspecified atom stereocenters. The SMILES string of the molecule is COc1ccc([C@@H](CNC(=O)[C@H](NC(=O)c2ccc(C)cc2)C(C)C)N2CCCCC2)cc1. The molecule has 1 heterocycles. The summed E-state index contributed by atoms with van der Waals surface area (Å²) >= 11 is 0. The Labute approximate surface area is 197 Å². The van der Waals surface area contributed by atoms with E-state index in [1.807, 2.05) is 45.0 Å². The first-order chi connectivity index (χ1) is 15.9. The number of nitrogens with one attached hydrogen (secondary N) is 2. The molecule has 2 atom stereocenters. The number of piperidine rings is 1. The summed E-state index contributed by atoms with van der Waals surface area (Å²) in [5, 5.41) is 6.06. The Morgan fingerprint density at radius 2 is 1.61 bits per heavy atom. The second kappa shape index (κ2) is 11.8. The van der Waals surface area contributed by atoms with E-state index >= 15 is 0 Å². The summed E-state index contributed by atoms with van der Waals surface area (Å²) in [5.74, 6) is 0.403. The van der Waals surface area contributed by atoms with Crippen LogP contribution in [0.4, 0.5) is 0 Å². The summed E-state index contributed by atoms with van der Waals surface area (Å²) in [6, 6.07) is 14.9. The number of carbonyl (C=O) groups excluding carboxylic acids is 2. The first-order valence-corrected chi connectivity index (χ1v) is 11.9. The number of aryl methyl sites for hydroxylation is 1. The molecule has 1 aliphatic rings. The minimum atomic E-state index is -0.600. The van der Waals surface area contributed by atoms with E-state index in [1.165, 1.54) is 19.3 Å². The highest BCUT2D eigenvalue weighted by atomic mass is 16.5. The zero-order valence-corrected chi connectivity index (χ0v) is 20.3. The van der Waals surface area contributed by atoms with Crippen LogP contribution in [0, 0.1) is 12.8 Å². The minimum absolute atomic E-state index is 0.0335. The molecule has 0 radical (unpaired) electrons. The number of benzene rings is 2. The van der Waals surface area contributed by atoms with E-state index in [4.69, 9.17) is 4.74 Å². The van der Waals surface area contributed by atoms with Crippen molar-refractivity contribution in [3.63, 3.8) is 0 Å². The van der Waals surface area contributed by atoms with Gasteiger partial charge in [-0.1, -0.05) is 50.1 Å². The molecule has 1 fully saturated rings. The fraction of sp³-hybridized carbons (Fsp3) is 0.481. The normalized spacial score (nSPS) is 16.2. The average molecular weight is 452 g/mol. The number of hydrogen-bond donors (Lipinski definition) is 2. The van der Waals surface area contributed by atoms with Crippen molar-refractivity contribution in [1.29, 1.82) is 0 Å². The monoisotopic (exact) mass is 451 g/mol. The van der Waals surface area contributed by atoms with E-state index in [-0.39, 0.29) is 23.8 Å². The van der Waals surface area contributed by atoms with Gasteiger partial charge in [-0.3, -0.25) is 14.5 Å². The van der Waals surface area contributed by atoms with Gasteiger partial charge in [0.25, 0.3) is 5.91 Å². The summed E-state index contributed by atoms with van der Waals surface area (Å²) in [7, 11) is 1.66. The number of amides is 2. The third-order valence-corrected chi connectivity index (χ3v) is 6.35. The summed E-state index contributed by atoms with van der Waals surface area (Å²) in [5.41, 5.74) is 2.80. The molecule has 2 amide bonds. The topological polar surface area (TPSA) is 70.7 Å². The third-order valence-electron chi connectivity index (χ3n) is 6.35. The van der Waals surface area contributed by atoms with Gasteiger partial charge in [-0.25, -0.2) is 0 Å². The number of methoxy groups -OCH3 is 1. The van der Waals surface area contributed by atoms with Gasteiger partial charge < -0.3 is 15.4 Å². The lowest BCUT2D eigenvalue weighted by atomic mass is 10.00. The summed E-state index contributed by atoms with van der Waals surface area (Å²) < 4.78 is 5.31. The van der Waals surface area contributed by atoms with Crippen LogP contribution in [0.15, 0.2) is 48.5 Å². The third kappa shape index (κ3) is 6.81. The molecule has 1 aliphatic heterocycles. The molecule has 6 heteroatoms. The molecule has 0 saturated carbocycles. The Morgan fingerprint density at radius 3 is 2.18 bits per heavy atom. The van der Waals surface area contributed by atoms with Gasteiger partial charge in [0.1, 0.15) is 11.8 Å². The van der Waals surface area contributed by atoms with E-state index in [2.05, 4.69) is 27.7 Å². The number of ether oxygens (including phenoxy) is 1. The second-order valence-electron chi connectivity index (χ2n) is 9.19. The van der Waals surface area contributed by atoms with E-state index in [0.29, 0.717) is 12.1 Å². The van der Waals surface area contributed by atoms with Gasteiger partial charge in [-0.2, -0.15) is 0 Å². The number of likely N-dealkylation sites (tertiary alicyclic amines) is 1. The number of carbonyl (C=O) groups is 2. The number of hydrogen-bond acceptors (Lipinski definition) is 4. The van der Waals surface area contributed by atoms with Crippen molar-refractivity contribution >= 4 is 11.8 Å². The van der Waals surface area contributed by atoms with Crippen molar-refractivity contribution in [2.45, 2.75) is 52.1 Å². The van der Waals surface area contributed by atoms with Crippen LogP contribution in [0.25, 0.3) is 0 Å². The molecule has 6 nitrogen and oxygen atoms in total. The van der Waals surface area contributed by atoms with Gasteiger partial charge in [-0.05, 0) is 68.6 Å². The van der Waals surface area contributed by atoms with Gasteiger partial charge in [-0.15, -0.1) is 0 Å². The van der Waals surface area contributed by atoms with Crippen LogP contribution in [-0.4, -0.2) is 49.5 Å². The van der Waals surface area contributed by atoms with Crippen molar-refractivity contribution in [2.24, 2.45) is 5.92 Å². The lowest BCUT2D eigenvalue weighted by Gasteiger charge is -2.35. The first kappa shape index (κ1) is 24.8. The molecule has 0 bridgehead atoms. The molecule has 0 aromatic heterocycles. The van der Waals surface area contributed by atoms with E-state index in [0.717, 1.165) is 30.0 Å². The molecule has 3 rings (SSSR count). The van der Waals surface area contributed by atoms with Gasteiger partial charge in [0, 0.05) is 12.1 Å². The van der Waals surface area contributed by atoms with Crippen molar-refractivity contribution in [2.75, 3.05) is 26.7 Å². The maximum atomic E-state index is 13.2. The summed E-state index contributed by atoms with van der Waals surface area (Å²) in [6.07, 6.45) is 3.59. The Balaban J connectivity index is 1.69. The molecule has 2 aromatic carbocycles. The number of rotatable bonds is 9. The highest BCUT2D eigenvalue weighted by Gasteiger charge is 2.27. The molecule has 2 N–H and O–H groups in total. The quantitative estimate of drug-likeness (QED) is 0.602. The predicted molar refractivity (Wildman–Crippen MR) is 131 cm³/mol. The van der Waals surface area contributed by atoms with Crippen molar-refractivity contribution in [1.82, 2.24) is 15.5 Å².